The van der Waals surface area contributed by atoms with Crippen LogP contribution in [-0.2, 0) is 62.8 Å². The molecule has 0 saturated carbocycles. The summed E-state index contributed by atoms with van der Waals surface area (Å²) in [5.74, 6) is -1.97. The maximum absolute atomic E-state index is 13.6. The molecule has 2 rings (SSSR count). The zero-order valence-corrected chi connectivity index (χ0v) is 31.8. The molecule has 1 heterocycles. The minimum Gasteiger partial charge on any atom is -0.456 e. The number of alkyl carbamates (subject to hydrolysis) is 1. The highest BCUT2D eigenvalue weighted by atomic mass is 31.2. The monoisotopic (exact) mass is 757 g/mol. The van der Waals surface area contributed by atoms with Gasteiger partial charge in [0.05, 0.1) is 46.8 Å². The Kier molecular flexibility index (Phi) is 19.8. The van der Waals surface area contributed by atoms with Crippen molar-refractivity contribution in [3.63, 3.8) is 0 Å². The van der Waals surface area contributed by atoms with Gasteiger partial charge in [-0.25, -0.2) is 9.36 Å². The van der Waals surface area contributed by atoms with Crippen molar-refractivity contribution in [2.24, 2.45) is 0 Å². The number of carbonyl (C=O) groups excluding carboxylic acids is 4. The van der Waals surface area contributed by atoms with E-state index >= 15 is 0 Å². The summed E-state index contributed by atoms with van der Waals surface area (Å²) in [5, 5.41) is 14.3. The largest absolute Gasteiger partial charge is 0.475 e. The summed E-state index contributed by atoms with van der Waals surface area (Å²) >= 11 is 0. The number of nitrogens with zero attached hydrogens (tertiary/aromatic N) is 2. The standard InChI is InChI=1S/C34H53N4O13P/c1-25(39)37-30-32(50-27(3)41)31(49-26(2)40)29(24-48-52(43,46-21-14-17-35)47-22-19-38(4,5)6)51-33(30)44-20-13-8-7-12-18-36-34(42)45-23-28-15-10-9-11-16-28/h9-11,15-16,29-33H,7-8,12-14,18-24H2,1-6H3,(H-,36,37,39,42)/p+1/t29-,30-,31+,32-,33-,52?/m1/s1. The van der Waals surface area contributed by atoms with Crippen molar-refractivity contribution >= 4 is 31.8 Å². The van der Waals surface area contributed by atoms with Gasteiger partial charge in [-0.1, -0.05) is 43.2 Å². The first kappa shape index (κ1) is 44.5. The number of carbonyl (C=O) groups is 4. The number of nitriles is 1. The van der Waals surface area contributed by atoms with Crippen LogP contribution in [0.4, 0.5) is 4.79 Å². The van der Waals surface area contributed by atoms with Crippen molar-refractivity contribution in [1.29, 1.82) is 5.26 Å². The number of phosphoric ester groups is 1. The zero-order valence-electron chi connectivity index (χ0n) is 30.9. The number of likely N-dealkylation sites (N-methyl/N-ethyl adjacent to an activating group) is 1. The number of hydrogen-bond acceptors (Lipinski definition) is 14. The molecule has 1 fully saturated rings. The fraction of sp³-hybridized carbons (Fsp3) is 0.676. The lowest BCUT2D eigenvalue weighted by atomic mass is 9.96. The maximum Gasteiger partial charge on any atom is 0.475 e. The Bertz CT molecular complexity index is 1350. The van der Waals surface area contributed by atoms with Crippen LogP contribution in [0.5, 0.6) is 0 Å². The van der Waals surface area contributed by atoms with E-state index in [-0.39, 0.29) is 32.8 Å². The lowest BCUT2D eigenvalue weighted by Crippen LogP contribution is -2.66. The minimum absolute atomic E-state index is 0.00689. The van der Waals surface area contributed by atoms with E-state index < -0.39 is 69.0 Å². The molecule has 1 aliphatic heterocycles. The van der Waals surface area contributed by atoms with E-state index in [2.05, 4.69) is 10.6 Å². The Hall–Kier alpha value is -3.62. The number of phosphoric acid groups is 1. The second kappa shape index (κ2) is 23.1. The molecule has 0 aromatic heterocycles. The van der Waals surface area contributed by atoms with E-state index in [4.69, 9.17) is 42.5 Å². The number of benzene rings is 1. The van der Waals surface area contributed by atoms with Gasteiger partial charge in [-0.15, -0.1) is 0 Å². The highest BCUT2D eigenvalue weighted by Gasteiger charge is 2.51. The summed E-state index contributed by atoms with van der Waals surface area (Å²) < 4.78 is 59.1. The van der Waals surface area contributed by atoms with Crippen molar-refractivity contribution in [2.45, 2.75) is 90.1 Å². The first-order chi connectivity index (χ1) is 24.6. The molecule has 1 saturated heterocycles. The first-order valence-corrected chi connectivity index (χ1v) is 18.6. The fourth-order valence-electron chi connectivity index (χ4n) is 4.88. The molecule has 0 radical (unpaired) electrons. The highest BCUT2D eigenvalue weighted by Crippen LogP contribution is 2.50. The molecule has 1 aliphatic rings. The number of nitrogens with one attached hydrogen (secondary N) is 2. The summed E-state index contributed by atoms with van der Waals surface area (Å²) in [5.41, 5.74) is 0.890. The highest BCUT2D eigenvalue weighted by molar-refractivity contribution is 7.48. The molecule has 18 heteroatoms. The van der Waals surface area contributed by atoms with E-state index in [1.807, 2.05) is 57.5 Å². The normalized spacial score (nSPS) is 21.2. The number of rotatable bonds is 23. The van der Waals surface area contributed by atoms with E-state index in [0.29, 0.717) is 30.4 Å². The first-order valence-electron chi connectivity index (χ1n) is 17.2. The molecule has 1 aromatic rings. The van der Waals surface area contributed by atoms with E-state index in [1.165, 1.54) is 6.92 Å². The van der Waals surface area contributed by atoms with E-state index in [0.717, 1.165) is 32.3 Å². The third-order valence-electron chi connectivity index (χ3n) is 7.33. The Morgan fingerprint density at radius 1 is 0.885 bits per heavy atom. The molecular formula is C34H54N4O13P+. The van der Waals surface area contributed by atoms with Crippen molar-refractivity contribution in [1.82, 2.24) is 10.6 Å². The Morgan fingerprint density at radius 2 is 1.54 bits per heavy atom. The smallest absolute Gasteiger partial charge is 0.456 e. The van der Waals surface area contributed by atoms with Gasteiger partial charge in [-0.2, -0.15) is 5.26 Å². The summed E-state index contributed by atoms with van der Waals surface area (Å²) in [6.45, 7) is 4.00. The van der Waals surface area contributed by atoms with Gasteiger partial charge in [0.1, 0.15) is 31.9 Å². The van der Waals surface area contributed by atoms with Gasteiger partial charge < -0.3 is 38.8 Å². The average Bonchev–Trinajstić information content (AvgIpc) is 3.06. The zero-order chi connectivity index (χ0) is 38.6. The second-order valence-electron chi connectivity index (χ2n) is 13.0. The van der Waals surface area contributed by atoms with Crippen LogP contribution in [0.25, 0.3) is 0 Å². The number of unbranched alkanes of at least 4 members (excludes halogenated alkanes) is 3. The molecular weight excluding hydrogens is 703 g/mol. The Balaban J connectivity index is 2.07. The number of esters is 2. The van der Waals surface area contributed by atoms with Crippen molar-refractivity contribution in [3.05, 3.63) is 35.9 Å². The van der Waals surface area contributed by atoms with Gasteiger partial charge in [0.25, 0.3) is 0 Å². The molecule has 0 bridgehead atoms. The Morgan fingerprint density at radius 3 is 2.17 bits per heavy atom. The second-order valence-corrected chi connectivity index (χ2v) is 14.7. The van der Waals surface area contributed by atoms with Crippen LogP contribution in [0.2, 0.25) is 0 Å². The van der Waals surface area contributed by atoms with Crippen LogP contribution in [0, 0.1) is 11.3 Å². The van der Waals surface area contributed by atoms with Crippen molar-refractivity contribution in [2.75, 3.05) is 60.7 Å². The summed E-state index contributed by atoms with van der Waals surface area (Å²) in [4.78, 5) is 48.7. The molecule has 2 N–H and O–H groups in total. The SMILES string of the molecule is CC(=O)N[C@H]1[C@H](OCCCCCCNC(=O)OCc2ccccc2)O[C@H](COP(=O)(OCCC#N)OCC[N+](C)(C)C)[C@H](OC(C)=O)[C@@H]1OC(C)=O. The summed E-state index contributed by atoms with van der Waals surface area (Å²) in [6, 6.07) is 10.1. The van der Waals surface area contributed by atoms with E-state index in [9.17, 15) is 23.7 Å². The molecule has 2 amide bonds. The molecule has 52 heavy (non-hydrogen) atoms. The molecule has 1 aromatic carbocycles. The number of hydrogen-bond donors (Lipinski definition) is 2. The third-order valence-corrected chi connectivity index (χ3v) is 8.79. The fourth-order valence-corrected chi connectivity index (χ4v) is 6.06. The van der Waals surface area contributed by atoms with Crippen molar-refractivity contribution < 1.29 is 65.5 Å². The quantitative estimate of drug-likeness (QED) is 0.0540. The topological polar surface area (TPSA) is 207 Å². The van der Waals surface area contributed by atoms with Crippen LogP contribution in [0.1, 0.15) is 58.4 Å². The van der Waals surface area contributed by atoms with Crippen LogP contribution < -0.4 is 10.6 Å². The Labute approximate surface area is 305 Å². The molecule has 0 aliphatic carbocycles. The van der Waals surface area contributed by atoms with Gasteiger partial charge >= 0.3 is 25.9 Å². The third kappa shape index (κ3) is 18.2. The summed E-state index contributed by atoms with van der Waals surface area (Å²) in [7, 11) is 1.47. The minimum atomic E-state index is -4.27. The van der Waals surface area contributed by atoms with Crippen LogP contribution in [0.3, 0.4) is 0 Å². The van der Waals surface area contributed by atoms with Gasteiger partial charge in [-0.3, -0.25) is 28.0 Å². The lowest BCUT2D eigenvalue weighted by molar-refractivity contribution is -0.870. The maximum atomic E-state index is 13.6. The van der Waals surface area contributed by atoms with Crippen molar-refractivity contribution in [3.8, 4) is 6.07 Å². The predicted octanol–water partition coefficient (Wildman–Crippen LogP) is 3.36. The van der Waals surface area contributed by atoms with Crippen LogP contribution >= 0.6 is 7.82 Å². The van der Waals surface area contributed by atoms with Crippen LogP contribution in [0.15, 0.2) is 30.3 Å². The predicted molar refractivity (Wildman–Crippen MR) is 185 cm³/mol. The molecule has 17 nitrogen and oxygen atoms in total. The lowest BCUT2D eigenvalue weighted by Gasteiger charge is -2.45. The van der Waals surface area contributed by atoms with E-state index in [1.54, 1.807) is 0 Å². The number of quaternary nitrogens is 1. The molecule has 292 valence electrons. The molecule has 6 atom stereocenters. The molecule has 0 spiro atoms. The molecule has 1 unspecified atom stereocenters. The van der Waals surface area contributed by atoms with Gasteiger partial charge in [-0.05, 0) is 18.4 Å². The summed E-state index contributed by atoms with van der Waals surface area (Å²) in [6.07, 6.45) is -2.89. The van der Waals surface area contributed by atoms with Gasteiger partial charge in [0.2, 0.25) is 5.91 Å². The number of amides is 2. The number of ether oxygens (including phenoxy) is 5. The van der Waals surface area contributed by atoms with Gasteiger partial charge in [0.15, 0.2) is 18.5 Å². The van der Waals surface area contributed by atoms with Gasteiger partial charge in [0, 0.05) is 33.9 Å². The van der Waals surface area contributed by atoms with Crippen LogP contribution in [-0.4, -0.2) is 120 Å². The average molecular weight is 758 g/mol.